The van der Waals surface area contributed by atoms with Gasteiger partial charge in [-0.05, 0) is 47.0 Å². The largest absolute Gasteiger partial charge is 0.455 e. The monoisotopic (exact) mass is 722 g/mol. The molecule has 0 radical (unpaired) electrons. The Labute approximate surface area is 331 Å². The minimum absolute atomic E-state index is 0.0728. The number of nitrogens with zero attached hydrogens (tertiary/aromatic N) is 4. The molecule has 8 aromatic carbocycles. The number of hydrogen-bond acceptors (Lipinski definition) is 4. The molecule has 0 unspecified atom stereocenters. The van der Waals surface area contributed by atoms with E-state index in [4.69, 9.17) is 24.9 Å². The summed E-state index contributed by atoms with van der Waals surface area (Å²) in [6, 6.07) is 49.1. The van der Waals surface area contributed by atoms with Crippen molar-refractivity contribution in [1.82, 2.24) is 19.5 Å². The molecule has 0 bridgehead atoms. The van der Waals surface area contributed by atoms with Crippen LogP contribution in [0.5, 0.6) is 0 Å². The molecule has 11 rings (SSSR count). The summed E-state index contributed by atoms with van der Waals surface area (Å²) in [6.45, 7) is 0. The SMILES string of the molecule is [2H]c1cc([2H])c2c(c1[2H])c1c([2H])c([2H])cc([2H])c1n2-c1cc(-c2cccc3c2oc2ccccc23)ccc1-c1nc(-c2ccccc2)nc(-c2ccccc2-c2ccccc2)n1. The van der Waals surface area contributed by atoms with Gasteiger partial charge < -0.3 is 8.98 Å². The van der Waals surface area contributed by atoms with Crippen molar-refractivity contribution in [2.45, 2.75) is 0 Å². The molecule has 0 aliphatic carbocycles. The van der Waals surface area contributed by atoms with Gasteiger partial charge in [-0.25, -0.2) is 15.0 Å². The van der Waals surface area contributed by atoms with Gasteiger partial charge in [0.25, 0.3) is 0 Å². The van der Waals surface area contributed by atoms with Crippen LogP contribution < -0.4 is 0 Å². The molecule has 0 N–H and O–H groups in total. The molecular formula is C51H32N4O. The molecule has 0 spiro atoms. The fraction of sp³-hybridized carbons (Fsp3) is 0. The van der Waals surface area contributed by atoms with E-state index in [0.29, 0.717) is 34.3 Å². The molecular weight excluding hydrogens is 685 g/mol. The predicted octanol–water partition coefficient (Wildman–Crippen LogP) is 13.2. The van der Waals surface area contributed by atoms with Crippen molar-refractivity contribution in [1.29, 1.82) is 0 Å². The third-order valence-electron chi connectivity index (χ3n) is 10.2. The first-order valence-electron chi connectivity index (χ1n) is 21.3. The molecule has 5 nitrogen and oxygen atoms in total. The first-order chi connectivity index (χ1) is 30.2. The number of aromatic nitrogens is 4. The van der Waals surface area contributed by atoms with Crippen LogP contribution in [-0.4, -0.2) is 19.5 Å². The van der Waals surface area contributed by atoms with Crippen LogP contribution in [0.2, 0.25) is 0 Å². The summed E-state index contributed by atoms with van der Waals surface area (Å²) in [5.74, 6) is 1.17. The first kappa shape index (κ1) is 26.2. The third-order valence-corrected chi connectivity index (χ3v) is 10.2. The lowest BCUT2D eigenvalue weighted by molar-refractivity contribution is 0.670. The molecule has 262 valence electrons. The average Bonchev–Trinajstić information content (AvgIpc) is 3.88. The minimum Gasteiger partial charge on any atom is -0.455 e. The van der Waals surface area contributed by atoms with Crippen LogP contribution in [0, 0.1) is 0 Å². The van der Waals surface area contributed by atoms with Crippen LogP contribution in [0.25, 0.3) is 106 Å². The highest BCUT2D eigenvalue weighted by Crippen LogP contribution is 2.41. The van der Waals surface area contributed by atoms with E-state index >= 15 is 0 Å². The zero-order chi connectivity index (χ0) is 42.2. The minimum atomic E-state index is -0.200. The van der Waals surface area contributed by atoms with E-state index in [9.17, 15) is 2.74 Å². The van der Waals surface area contributed by atoms with E-state index in [2.05, 4.69) is 0 Å². The number of rotatable bonds is 6. The lowest BCUT2D eigenvalue weighted by Crippen LogP contribution is -2.04. The second kappa shape index (κ2) is 13.0. The summed E-state index contributed by atoms with van der Waals surface area (Å²) < 4.78 is 62.4. The van der Waals surface area contributed by atoms with E-state index in [-0.39, 0.29) is 58.1 Å². The fourth-order valence-electron chi connectivity index (χ4n) is 7.68. The van der Waals surface area contributed by atoms with E-state index in [1.807, 2.05) is 146 Å². The first-order valence-corrected chi connectivity index (χ1v) is 18.3. The van der Waals surface area contributed by atoms with Gasteiger partial charge in [0.15, 0.2) is 17.5 Å². The Balaban J connectivity index is 1.27. The van der Waals surface area contributed by atoms with E-state index in [1.54, 1.807) is 4.57 Å². The van der Waals surface area contributed by atoms with E-state index in [0.717, 1.165) is 49.7 Å². The molecule has 3 heterocycles. The maximum Gasteiger partial charge on any atom is 0.166 e. The van der Waals surface area contributed by atoms with Crippen LogP contribution in [0.3, 0.4) is 0 Å². The van der Waals surface area contributed by atoms with Crippen molar-refractivity contribution in [2.24, 2.45) is 0 Å². The summed E-state index contributed by atoms with van der Waals surface area (Å²) in [5.41, 5.74) is 7.88. The molecule has 0 aliphatic rings. The molecule has 0 fully saturated rings. The van der Waals surface area contributed by atoms with Gasteiger partial charge in [0, 0.05) is 43.8 Å². The molecule has 56 heavy (non-hydrogen) atoms. The Morgan fingerprint density at radius 2 is 1.00 bits per heavy atom. The summed E-state index contributed by atoms with van der Waals surface area (Å²) in [7, 11) is 0. The van der Waals surface area contributed by atoms with Gasteiger partial charge in [0.1, 0.15) is 11.2 Å². The van der Waals surface area contributed by atoms with Crippen molar-refractivity contribution in [2.75, 3.05) is 0 Å². The smallest absolute Gasteiger partial charge is 0.166 e. The van der Waals surface area contributed by atoms with Crippen LogP contribution in [0.15, 0.2) is 198 Å². The Morgan fingerprint density at radius 3 is 1.75 bits per heavy atom. The average molecular weight is 723 g/mol. The van der Waals surface area contributed by atoms with Gasteiger partial charge in [-0.3, -0.25) is 0 Å². The molecule has 0 atom stereocenters. The summed E-state index contributed by atoms with van der Waals surface area (Å²) >= 11 is 0. The van der Waals surface area contributed by atoms with Crippen LogP contribution >= 0.6 is 0 Å². The van der Waals surface area contributed by atoms with Crippen LogP contribution in [0.4, 0.5) is 0 Å². The Morgan fingerprint density at radius 1 is 0.411 bits per heavy atom. The number of furan rings is 1. The van der Waals surface area contributed by atoms with Crippen molar-refractivity contribution in [3.8, 4) is 62.1 Å². The number of benzene rings is 8. The van der Waals surface area contributed by atoms with Crippen molar-refractivity contribution < 1.29 is 12.6 Å². The van der Waals surface area contributed by atoms with Crippen LogP contribution in [0.1, 0.15) is 8.22 Å². The standard InChI is InChI=1S/C51H32N4O/c1-3-16-33(17-4-1)36-20-7-8-24-42(36)50-52-49(34-18-5-2-6-19-34)53-51(54-50)43-31-30-35(37-25-15-26-41-40-23-11-14-29-47(40)56-48(37)41)32-46(43)55-44-27-12-9-21-38(44)39-22-10-13-28-45(39)55/h1-32H/i9D,10D,21D,22D,27D,28D. The number of para-hydroxylation sites is 4. The number of fused-ring (bicyclic) bond motifs is 6. The van der Waals surface area contributed by atoms with Gasteiger partial charge in [-0.15, -0.1) is 0 Å². The molecule has 11 aromatic rings. The Hall–Kier alpha value is -7.63. The molecule has 0 saturated carbocycles. The zero-order valence-electron chi connectivity index (χ0n) is 35.7. The maximum atomic E-state index is 9.33. The molecule has 3 aromatic heterocycles. The van der Waals surface area contributed by atoms with Gasteiger partial charge in [-0.1, -0.05) is 164 Å². The highest BCUT2D eigenvalue weighted by atomic mass is 16.3. The van der Waals surface area contributed by atoms with E-state index < -0.39 is 0 Å². The lowest BCUT2D eigenvalue weighted by atomic mass is 9.98. The molecule has 0 saturated heterocycles. The third kappa shape index (κ3) is 5.21. The molecule has 0 aliphatic heterocycles. The van der Waals surface area contributed by atoms with Crippen LogP contribution in [-0.2, 0) is 0 Å². The zero-order valence-corrected chi connectivity index (χ0v) is 29.7. The van der Waals surface area contributed by atoms with Crippen molar-refractivity contribution >= 4 is 43.7 Å². The fourth-order valence-corrected chi connectivity index (χ4v) is 7.68. The van der Waals surface area contributed by atoms with Gasteiger partial charge in [0.2, 0.25) is 0 Å². The maximum absolute atomic E-state index is 9.33. The van der Waals surface area contributed by atoms with Gasteiger partial charge in [-0.2, -0.15) is 0 Å². The predicted molar refractivity (Wildman–Crippen MR) is 229 cm³/mol. The van der Waals surface area contributed by atoms with E-state index in [1.165, 1.54) is 12.1 Å². The van der Waals surface area contributed by atoms with Crippen molar-refractivity contribution in [3.05, 3.63) is 194 Å². The summed E-state index contributed by atoms with van der Waals surface area (Å²) in [4.78, 5) is 15.4. The Bertz CT molecular complexity index is 3530. The highest BCUT2D eigenvalue weighted by Gasteiger charge is 2.22. The molecule has 0 amide bonds. The lowest BCUT2D eigenvalue weighted by Gasteiger charge is -2.17. The Kier molecular flexibility index (Phi) is 6.10. The van der Waals surface area contributed by atoms with Gasteiger partial charge in [0.05, 0.1) is 24.9 Å². The summed E-state index contributed by atoms with van der Waals surface area (Å²) in [6.07, 6.45) is 0. The van der Waals surface area contributed by atoms with Gasteiger partial charge >= 0.3 is 0 Å². The normalized spacial score (nSPS) is 13.1. The number of hydrogen-bond donors (Lipinski definition) is 0. The van der Waals surface area contributed by atoms with Crippen molar-refractivity contribution in [3.63, 3.8) is 0 Å². The second-order valence-corrected chi connectivity index (χ2v) is 13.5. The second-order valence-electron chi connectivity index (χ2n) is 13.5. The highest BCUT2D eigenvalue weighted by molar-refractivity contribution is 6.11. The quantitative estimate of drug-likeness (QED) is 0.171. The topological polar surface area (TPSA) is 56.7 Å². The molecule has 5 heteroatoms. The summed E-state index contributed by atoms with van der Waals surface area (Å²) in [5, 5.41) is 2.22.